The minimum atomic E-state index is -5.27. The number of amides is 1. The fourth-order valence-electron chi connectivity index (χ4n) is 4.19. The van der Waals surface area contributed by atoms with E-state index in [1.807, 2.05) is 12.1 Å². The zero-order valence-electron chi connectivity index (χ0n) is 24.1. The van der Waals surface area contributed by atoms with Gasteiger partial charge in [-0.05, 0) is 63.4 Å². The number of ether oxygens (including phenoxy) is 3. The van der Waals surface area contributed by atoms with Crippen molar-refractivity contribution >= 4 is 22.7 Å². The van der Waals surface area contributed by atoms with Gasteiger partial charge >= 0.3 is 12.5 Å². The van der Waals surface area contributed by atoms with Crippen molar-refractivity contribution in [1.29, 1.82) is 0 Å². The number of hydrogen-bond acceptors (Lipinski definition) is 9. The number of nitrogens with one attached hydrogen (secondary N) is 2. The van der Waals surface area contributed by atoms with Crippen molar-refractivity contribution in [3.63, 3.8) is 0 Å². The van der Waals surface area contributed by atoms with Crippen LogP contribution in [-0.4, -0.2) is 69.6 Å². The minimum absolute atomic E-state index is 0.0714. The second-order valence-electron chi connectivity index (χ2n) is 10.7. The second kappa shape index (κ2) is 13.9. The van der Waals surface area contributed by atoms with Crippen molar-refractivity contribution in [1.82, 2.24) is 25.2 Å². The molecule has 4 aromatic rings. The number of carbonyl (C=O) groups excluding carboxylic acids is 1. The van der Waals surface area contributed by atoms with E-state index in [2.05, 4.69) is 30.4 Å². The largest absolute Gasteiger partial charge is 0.573 e. The van der Waals surface area contributed by atoms with Gasteiger partial charge in [0, 0.05) is 42.9 Å². The van der Waals surface area contributed by atoms with E-state index in [1.165, 1.54) is 11.3 Å². The van der Waals surface area contributed by atoms with Gasteiger partial charge in [0.25, 0.3) is 0 Å². The lowest BCUT2D eigenvalue weighted by Gasteiger charge is -2.27. The number of halogens is 5. The van der Waals surface area contributed by atoms with E-state index in [4.69, 9.17) is 14.0 Å². The van der Waals surface area contributed by atoms with Crippen molar-refractivity contribution < 1.29 is 45.5 Å². The van der Waals surface area contributed by atoms with E-state index in [0.717, 1.165) is 22.2 Å². The molecule has 0 aliphatic heterocycles. The maximum Gasteiger partial charge on any atom is 0.573 e. The van der Waals surface area contributed by atoms with Crippen LogP contribution in [0.1, 0.15) is 39.2 Å². The predicted molar refractivity (Wildman–Crippen MR) is 148 cm³/mol. The van der Waals surface area contributed by atoms with Crippen LogP contribution in [0.15, 0.2) is 41.4 Å². The zero-order chi connectivity index (χ0) is 31.9. The molecule has 2 aromatic heterocycles. The normalized spacial score (nSPS) is 12.0. The smallest absolute Gasteiger partial charge is 0.444 e. The average molecular weight is 627 g/mol. The molecule has 2 N–H and O–H groups in total. The molecule has 0 atom stereocenters. The number of nitrogens with zero attached hydrogens (tertiary/aromatic N) is 4. The van der Waals surface area contributed by atoms with E-state index >= 15 is 0 Å². The lowest BCUT2D eigenvalue weighted by Crippen LogP contribution is -2.37. The molecule has 0 saturated carbocycles. The van der Waals surface area contributed by atoms with Gasteiger partial charge in [-0.15, -0.1) is 13.2 Å². The summed E-state index contributed by atoms with van der Waals surface area (Å²) < 4.78 is 85.3. The Morgan fingerprint density at radius 3 is 2.48 bits per heavy atom. The average Bonchev–Trinajstić information content (AvgIpc) is 3.62. The first-order valence-corrected chi connectivity index (χ1v) is 13.6. The Morgan fingerprint density at radius 1 is 1.07 bits per heavy atom. The molecule has 16 heteroatoms. The molecule has 1 amide bonds. The number of alkyl halides is 3. The highest BCUT2D eigenvalue weighted by Crippen LogP contribution is 2.30. The van der Waals surface area contributed by atoms with E-state index in [0.29, 0.717) is 50.6 Å². The van der Waals surface area contributed by atoms with Gasteiger partial charge in [0.1, 0.15) is 5.60 Å². The molecule has 0 bridgehead atoms. The molecule has 0 unspecified atom stereocenters. The molecule has 0 aliphatic rings. The van der Waals surface area contributed by atoms with Crippen LogP contribution in [0.4, 0.5) is 32.4 Å². The maximum atomic E-state index is 14.2. The fraction of sp³-hybridized carbons (Fsp3) is 0.429. The molecule has 0 saturated heterocycles. The number of aromatic amines is 1. The van der Waals surface area contributed by atoms with E-state index in [-0.39, 0.29) is 18.7 Å². The summed E-state index contributed by atoms with van der Waals surface area (Å²) >= 11 is 0. The first-order valence-electron chi connectivity index (χ1n) is 13.6. The van der Waals surface area contributed by atoms with Gasteiger partial charge in [-0.2, -0.15) is 10.1 Å². The number of H-pyrrole nitrogens is 1. The summed E-state index contributed by atoms with van der Waals surface area (Å²) in [6.07, 6.45) is -2.07. The lowest BCUT2D eigenvalue weighted by molar-refractivity contribution is -0.276. The Bertz CT molecular complexity index is 1520. The highest BCUT2D eigenvalue weighted by Gasteiger charge is 2.34. The first kappa shape index (κ1) is 32.4. The topological polar surface area (TPSA) is 128 Å². The molecule has 44 heavy (non-hydrogen) atoms. The van der Waals surface area contributed by atoms with Crippen LogP contribution in [0.3, 0.4) is 0 Å². The molecule has 238 valence electrons. The zero-order valence-corrected chi connectivity index (χ0v) is 24.1. The predicted octanol–water partition coefficient (Wildman–Crippen LogP) is 6.44. The third-order valence-corrected chi connectivity index (χ3v) is 6.01. The van der Waals surface area contributed by atoms with Crippen LogP contribution in [0.25, 0.3) is 22.3 Å². The standard InChI is InChI=1S/C28H31F5N6O5/c1-27(2,3)44-26(40)39(15-17-10-20(29)24(21(30)11-17)43-28(31,32)33)7-4-5-8-41-9-6-34-22-12-18(25-35-16-42-38-25)13-23-19(22)14-36-37-23/h10-14,16,34H,4-9,15H2,1-3H3,(H,36,37). The molecular weight excluding hydrogens is 595 g/mol. The molecule has 0 fully saturated rings. The van der Waals surface area contributed by atoms with Gasteiger partial charge in [-0.3, -0.25) is 5.10 Å². The Balaban J connectivity index is 1.27. The van der Waals surface area contributed by atoms with Gasteiger partial charge < -0.3 is 29.0 Å². The Labute approximate surface area is 248 Å². The van der Waals surface area contributed by atoms with Crippen LogP contribution in [0.2, 0.25) is 0 Å². The molecule has 11 nitrogen and oxygen atoms in total. The van der Waals surface area contributed by atoms with Gasteiger partial charge in [0.2, 0.25) is 18.0 Å². The van der Waals surface area contributed by atoms with Crippen LogP contribution in [-0.2, 0) is 16.0 Å². The lowest BCUT2D eigenvalue weighted by atomic mass is 10.1. The summed E-state index contributed by atoms with van der Waals surface area (Å²) in [4.78, 5) is 18.1. The van der Waals surface area contributed by atoms with Crippen molar-refractivity contribution in [3.05, 3.63) is 54.1 Å². The molecule has 4 rings (SSSR count). The number of rotatable bonds is 13. The van der Waals surface area contributed by atoms with Crippen LogP contribution < -0.4 is 10.1 Å². The third kappa shape index (κ3) is 9.26. The highest BCUT2D eigenvalue weighted by atomic mass is 19.4. The van der Waals surface area contributed by atoms with Crippen molar-refractivity contribution in [2.75, 3.05) is 31.6 Å². The number of carbonyl (C=O) groups is 1. The molecular formula is C28H31F5N6O5. The highest BCUT2D eigenvalue weighted by molar-refractivity contribution is 5.94. The second-order valence-corrected chi connectivity index (χ2v) is 10.7. The van der Waals surface area contributed by atoms with Gasteiger partial charge in [-0.25, -0.2) is 13.6 Å². The Kier molecular flexibility index (Phi) is 10.2. The van der Waals surface area contributed by atoms with E-state index < -0.39 is 35.4 Å². The molecule has 0 aliphatic carbocycles. The molecule has 2 heterocycles. The van der Waals surface area contributed by atoms with E-state index in [1.54, 1.807) is 27.0 Å². The number of aromatic nitrogens is 4. The summed E-state index contributed by atoms with van der Waals surface area (Å²) in [5.74, 6) is -4.22. The summed E-state index contributed by atoms with van der Waals surface area (Å²) in [7, 11) is 0. The number of unbranched alkanes of at least 4 members (excludes halogenated alkanes) is 1. The Hall–Kier alpha value is -4.47. The molecule has 2 aromatic carbocycles. The minimum Gasteiger partial charge on any atom is -0.444 e. The SMILES string of the molecule is CC(C)(C)OC(=O)N(CCCCOCCNc1cc(-c2ncon2)cc2[nH]ncc12)Cc1cc(F)c(OC(F)(F)F)c(F)c1. The first-order chi connectivity index (χ1) is 20.8. The summed E-state index contributed by atoms with van der Waals surface area (Å²) in [6.45, 7) is 6.03. The summed E-state index contributed by atoms with van der Waals surface area (Å²) in [5, 5.41) is 15.0. The quantitative estimate of drug-likeness (QED) is 0.127. The van der Waals surface area contributed by atoms with Crippen LogP contribution in [0, 0.1) is 11.6 Å². The monoisotopic (exact) mass is 626 g/mol. The molecule has 0 spiro atoms. The number of fused-ring (bicyclic) bond motifs is 1. The van der Waals surface area contributed by atoms with Crippen LogP contribution in [0.5, 0.6) is 5.75 Å². The molecule has 0 radical (unpaired) electrons. The third-order valence-electron chi connectivity index (χ3n) is 6.01. The number of hydrogen-bond donors (Lipinski definition) is 2. The fourth-order valence-corrected chi connectivity index (χ4v) is 4.19. The van der Waals surface area contributed by atoms with E-state index in [9.17, 15) is 26.7 Å². The van der Waals surface area contributed by atoms with Gasteiger partial charge in [0.15, 0.2) is 11.6 Å². The number of benzene rings is 2. The number of anilines is 1. The van der Waals surface area contributed by atoms with Crippen LogP contribution >= 0.6 is 0 Å². The van der Waals surface area contributed by atoms with Gasteiger partial charge in [0.05, 0.1) is 18.3 Å². The summed E-state index contributed by atoms with van der Waals surface area (Å²) in [6, 6.07) is 5.11. The summed E-state index contributed by atoms with van der Waals surface area (Å²) in [5.41, 5.74) is 1.42. The maximum absolute atomic E-state index is 14.2. The van der Waals surface area contributed by atoms with Crippen molar-refractivity contribution in [2.45, 2.75) is 52.1 Å². The van der Waals surface area contributed by atoms with Crippen molar-refractivity contribution in [2.24, 2.45) is 0 Å². The van der Waals surface area contributed by atoms with Gasteiger partial charge in [-0.1, -0.05) is 5.16 Å². The Morgan fingerprint density at radius 2 is 1.82 bits per heavy atom. The van der Waals surface area contributed by atoms with Crippen molar-refractivity contribution in [3.8, 4) is 17.1 Å².